The lowest BCUT2D eigenvalue weighted by atomic mass is 10.0. The van der Waals surface area contributed by atoms with Crippen molar-refractivity contribution >= 4 is 14.0 Å². The van der Waals surface area contributed by atoms with Crippen molar-refractivity contribution in [3.05, 3.63) is 11.8 Å². The summed E-state index contributed by atoms with van der Waals surface area (Å²) >= 11 is 0. The van der Waals surface area contributed by atoms with Gasteiger partial charge < -0.3 is 34.7 Å². The molecule has 0 amide bonds. The lowest BCUT2D eigenvalue weighted by Gasteiger charge is -2.27. The number of Topliss-reactive ketones (excluding diaryl/α,β-unsaturated/α-hetero) is 1. The molecule has 31 heavy (non-hydrogen) atoms. The first-order valence-corrected chi connectivity index (χ1v) is 11.2. The van der Waals surface area contributed by atoms with E-state index in [0.717, 1.165) is 0 Å². The van der Waals surface area contributed by atoms with E-state index in [1.54, 1.807) is 20.2 Å². The molecule has 12 heteroatoms. The van der Waals surface area contributed by atoms with Gasteiger partial charge in [0.05, 0.1) is 18.8 Å². The zero-order chi connectivity index (χ0) is 22.8. The van der Waals surface area contributed by atoms with Gasteiger partial charge in [0.1, 0.15) is 25.0 Å². The molecular weight excluding hydrogens is 431 g/mol. The van der Waals surface area contributed by atoms with Crippen LogP contribution < -0.4 is 11.1 Å². The third-order valence-electron chi connectivity index (χ3n) is 5.80. The van der Waals surface area contributed by atoms with Crippen LogP contribution in [-0.4, -0.2) is 81.8 Å². The summed E-state index contributed by atoms with van der Waals surface area (Å²) in [5.41, 5.74) is 4.82. The minimum absolute atomic E-state index is 0.0120. The SMILES string of the molecule is COCC12CO[C@@H]([C@H](N)O1)[C@@H]2O[P+](=O)OC[C@]1(C)C[C@@H](OC)[C@H](N/C=C(/C)C(C)=O)O1. The minimum Gasteiger partial charge on any atom is -0.381 e. The Hall–Kier alpha value is -1.01. The van der Waals surface area contributed by atoms with Crippen LogP contribution >= 0.6 is 8.25 Å². The number of ether oxygens (including phenoxy) is 5. The highest BCUT2D eigenvalue weighted by Gasteiger charge is 2.65. The van der Waals surface area contributed by atoms with Gasteiger partial charge in [0.25, 0.3) is 0 Å². The fourth-order valence-corrected chi connectivity index (χ4v) is 4.93. The fourth-order valence-electron chi connectivity index (χ4n) is 4.00. The Morgan fingerprint density at radius 3 is 2.65 bits per heavy atom. The van der Waals surface area contributed by atoms with Gasteiger partial charge in [0, 0.05) is 37.0 Å². The van der Waals surface area contributed by atoms with Crippen molar-refractivity contribution in [3.8, 4) is 0 Å². The van der Waals surface area contributed by atoms with Gasteiger partial charge in [0.15, 0.2) is 23.7 Å². The van der Waals surface area contributed by atoms with E-state index in [9.17, 15) is 9.36 Å². The number of nitrogens with two attached hydrogens (primary N) is 1. The van der Waals surface area contributed by atoms with Gasteiger partial charge >= 0.3 is 8.25 Å². The van der Waals surface area contributed by atoms with Gasteiger partial charge in [-0.05, 0) is 20.8 Å². The highest BCUT2D eigenvalue weighted by atomic mass is 31.1. The molecule has 2 bridgehead atoms. The molecule has 0 aliphatic carbocycles. The number of rotatable bonds is 11. The van der Waals surface area contributed by atoms with E-state index >= 15 is 0 Å². The molecule has 0 aromatic heterocycles. The average molecular weight is 463 g/mol. The summed E-state index contributed by atoms with van der Waals surface area (Å²) < 4.78 is 51.8. The van der Waals surface area contributed by atoms with Crippen LogP contribution in [0.4, 0.5) is 0 Å². The number of fused-ring (bicyclic) bond motifs is 2. The molecule has 3 N–H and O–H groups in total. The van der Waals surface area contributed by atoms with Crippen LogP contribution in [0.5, 0.6) is 0 Å². The Labute approximate surface area is 182 Å². The van der Waals surface area contributed by atoms with Gasteiger partial charge in [-0.15, -0.1) is 9.05 Å². The third-order valence-corrected chi connectivity index (χ3v) is 6.54. The van der Waals surface area contributed by atoms with Crippen molar-refractivity contribution in [3.63, 3.8) is 0 Å². The molecule has 176 valence electrons. The Morgan fingerprint density at radius 2 is 2.03 bits per heavy atom. The number of allylic oxidation sites excluding steroid dienone is 1. The van der Waals surface area contributed by atoms with Crippen molar-refractivity contribution in [2.75, 3.05) is 34.0 Å². The van der Waals surface area contributed by atoms with Crippen LogP contribution in [0.15, 0.2) is 11.8 Å². The van der Waals surface area contributed by atoms with Gasteiger partial charge in [-0.25, -0.2) is 0 Å². The first kappa shape index (κ1) is 24.6. The van der Waals surface area contributed by atoms with E-state index in [1.165, 1.54) is 14.0 Å². The molecule has 0 radical (unpaired) electrons. The molecule has 3 heterocycles. The second-order valence-electron chi connectivity index (χ2n) is 8.40. The number of carbonyl (C=O) groups excluding carboxylic acids is 1. The minimum atomic E-state index is -2.49. The van der Waals surface area contributed by atoms with Crippen molar-refractivity contribution in [2.45, 2.75) is 69.2 Å². The number of carbonyl (C=O) groups is 1. The number of methoxy groups -OCH3 is 2. The summed E-state index contributed by atoms with van der Waals surface area (Å²) in [5.74, 6) is -0.0421. The van der Waals surface area contributed by atoms with E-state index in [0.29, 0.717) is 12.0 Å². The Morgan fingerprint density at radius 1 is 1.29 bits per heavy atom. The van der Waals surface area contributed by atoms with Gasteiger partial charge in [-0.1, -0.05) is 0 Å². The molecule has 3 aliphatic heterocycles. The number of hydrogen-bond donors (Lipinski definition) is 2. The zero-order valence-corrected chi connectivity index (χ0v) is 19.4. The molecule has 3 fully saturated rings. The second kappa shape index (κ2) is 9.86. The molecule has 3 aliphatic rings. The standard InChI is InChI=1S/C19H31N2O9P/c1-11(12(2)22)7-21-17-13(25-5)6-18(3,29-17)8-27-31(23)30-15-14-16(20)28-19(15,9-24-4)10-26-14/h7,13-17H,6,8-10,20H2,1-5H3/p+1/t13-,14-,15+,16-,17-,18+,19?/m1/s1. The lowest BCUT2D eigenvalue weighted by Crippen LogP contribution is -2.46. The maximum atomic E-state index is 12.6. The molecule has 11 nitrogen and oxygen atoms in total. The number of hydrogen-bond acceptors (Lipinski definition) is 11. The van der Waals surface area contributed by atoms with E-state index in [2.05, 4.69) is 5.32 Å². The summed E-state index contributed by atoms with van der Waals surface area (Å²) in [4.78, 5) is 11.4. The monoisotopic (exact) mass is 463 g/mol. The molecule has 0 aromatic carbocycles. The fraction of sp³-hybridized carbons (Fsp3) is 0.842. The molecule has 8 atom stereocenters. The smallest absolute Gasteiger partial charge is 0.381 e. The number of nitrogens with one attached hydrogen (secondary N) is 1. The van der Waals surface area contributed by atoms with Crippen LogP contribution in [0, 0.1) is 0 Å². The third kappa shape index (κ3) is 5.32. The first-order valence-electron chi connectivity index (χ1n) is 10.1. The van der Waals surface area contributed by atoms with Crippen molar-refractivity contribution in [1.82, 2.24) is 5.32 Å². The molecule has 2 unspecified atom stereocenters. The predicted octanol–water partition coefficient (Wildman–Crippen LogP) is 0.747. The van der Waals surface area contributed by atoms with E-state index in [-0.39, 0.29) is 31.7 Å². The maximum Gasteiger partial charge on any atom is 0.697 e. The van der Waals surface area contributed by atoms with Crippen LogP contribution in [0.2, 0.25) is 0 Å². The number of ketones is 1. The average Bonchev–Trinajstić information content (AvgIpc) is 3.31. The molecule has 0 spiro atoms. The van der Waals surface area contributed by atoms with E-state index in [1.807, 2.05) is 6.92 Å². The Bertz CT molecular complexity index is 722. The van der Waals surface area contributed by atoms with Crippen molar-refractivity contribution in [1.29, 1.82) is 0 Å². The summed E-state index contributed by atoms with van der Waals surface area (Å²) in [6, 6.07) is 0. The summed E-state index contributed by atoms with van der Waals surface area (Å²) in [6.07, 6.45) is -0.560. The van der Waals surface area contributed by atoms with E-state index in [4.69, 9.17) is 38.5 Å². The van der Waals surface area contributed by atoms with Crippen LogP contribution in [0.1, 0.15) is 27.2 Å². The topological polar surface area (TPSA) is 137 Å². The Kier molecular flexibility index (Phi) is 7.83. The molecule has 3 saturated heterocycles. The molecule has 0 saturated carbocycles. The Balaban J connectivity index is 1.55. The normalized spacial score (nSPS) is 40.4. The van der Waals surface area contributed by atoms with Crippen molar-refractivity contribution in [2.24, 2.45) is 5.73 Å². The van der Waals surface area contributed by atoms with Gasteiger partial charge in [-0.2, -0.15) is 0 Å². The highest BCUT2D eigenvalue weighted by molar-refractivity contribution is 7.33. The van der Waals surface area contributed by atoms with Gasteiger partial charge in [-0.3, -0.25) is 4.79 Å². The van der Waals surface area contributed by atoms with Crippen LogP contribution in [-0.2, 0) is 42.1 Å². The summed E-state index contributed by atoms with van der Waals surface area (Å²) in [6.45, 7) is 5.48. The largest absolute Gasteiger partial charge is 0.697 e. The van der Waals surface area contributed by atoms with E-state index < -0.39 is 44.1 Å². The van der Waals surface area contributed by atoms with Crippen molar-refractivity contribution < 1.29 is 42.1 Å². The molecule has 3 rings (SSSR count). The van der Waals surface area contributed by atoms with Crippen LogP contribution in [0.3, 0.4) is 0 Å². The first-order chi connectivity index (χ1) is 14.6. The highest BCUT2D eigenvalue weighted by Crippen LogP contribution is 2.45. The lowest BCUT2D eigenvalue weighted by molar-refractivity contribution is -0.162. The predicted molar refractivity (Wildman–Crippen MR) is 108 cm³/mol. The van der Waals surface area contributed by atoms with Gasteiger partial charge in [0.2, 0.25) is 0 Å². The van der Waals surface area contributed by atoms with Crippen LogP contribution in [0.25, 0.3) is 0 Å². The molecule has 0 aromatic rings. The summed E-state index contributed by atoms with van der Waals surface area (Å²) in [7, 11) is 0.618. The maximum absolute atomic E-state index is 12.6. The summed E-state index contributed by atoms with van der Waals surface area (Å²) in [5, 5.41) is 3.06. The quantitative estimate of drug-likeness (QED) is 0.332. The zero-order valence-electron chi connectivity index (χ0n) is 18.5. The second-order valence-corrected chi connectivity index (χ2v) is 9.31. The molecular formula is C19H32N2O9P+.